The maximum Gasteiger partial charge on any atom is 0.416 e. The van der Waals surface area contributed by atoms with Crippen LogP contribution in [0.1, 0.15) is 40.2 Å². The first-order valence-corrected chi connectivity index (χ1v) is 8.65. The molecule has 0 amide bonds. The number of benzene rings is 1. The van der Waals surface area contributed by atoms with Gasteiger partial charge in [0, 0.05) is 12.2 Å². The highest BCUT2D eigenvalue weighted by Crippen LogP contribution is 2.34. The highest BCUT2D eigenvalue weighted by atomic mass is 32.1. The average molecular weight is 371 g/mol. The molecule has 2 aromatic rings. The van der Waals surface area contributed by atoms with Gasteiger partial charge >= 0.3 is 6.18 Å². The normalized spacial score (nSPS) is 18.3. The van der Waals surface area contributed by atoms with Crippen LogP contribution >= 0.6 is 11.3 Å². The van der Waals surface area contributed by atoms with Gasteiger partial charge in [0.25, 0.3) is 0 Å². The van der Waals surface area contributed by atoms with Crippen LogP contribution in [0.3, 0.4) is 0 Å². The van der Waals surface area contributed by atoms with Crippen LogP contribution in [0.4, 0.5) is 13.2 Å². The standard InChI is InChI=1S/C17H16F3NO3S/c18-17(19,20)12-5-3-4-11(8-12)16-21-13(14(9-22)25-16)10-24-15-6-1-2-7-23-15/h3-5,8-9,15H,1-2,6-7,10H2. The largest absolute Gasteiger partial charge is 0.416 e. The Hall–Kier alpha value is -1.77. The zero-order valence-electron chi connectivity index (χ0n) is 13.2. The van der Waals surface area contributed by atoms with Gasteiger partial charge in [-0.2, -0.15) is 13.2 Å². The number of ether oxygens (including phenoxy) is 2. The summed E-state index contributed by atoms with van der Waals surface area (Å²) in [6, 6.07) is 4.90. The Bertz CT molecular complexity index is 739. The first-order valence-electron chi connectivity index (χ1n) is 7.83. The summed E-state index contributed by atoms with van der Waals surface area (Å²) in [6.07, 6.45) is -1.32. The van der Waals surface area contributed by atoms with Crippen LogP contribution < -0.4 is 0 Å². The fourth-order valence-electron chi connectivity index (χ4n) is 2.53. The van der Waals surface area contributed by atoms with Gasteiger partial charge in [-0.05, 0) is 31.4 Å². The molecule has 0 bridgehead atoms. The van der Waals surface area contributed by atoms with Crippen molar-refractivity contribution < 1.29 is 27.4 Å². The summed E-state index contributed by atoms with van der Waals surface area (Å²) in [6.45, 7) is 0.728. The monoisotopic (exact) mass is 371 g/mol. The third kappa shape index (κ3) is 4.45. The van der Waals surface area contributed by atoms with E-state index in [2.05, 4.69) is 4.98 Å². The van der Waals surface area contributed by atoms with Crippen LogP contribution in [-0.4, -0.2) is 24.2 Å². The lowest BCUT2D eigenvalue weighted by Crippen LogP contribution is -2.22. The summed E-state index contributed by atoms with van der Waals surface area (Å²) in [4.78, 5) is 15.9. The van der Waals surface area contributed by atoms with Gasteiger partial charge in [0.1, 0.15) is 5.01 Å². The Morgan fingerprint density at radius 2 is 2.20 bits per heavy atom. The fraction of sp³-hybridized carbons (Fsp3) is 0.412. The summed E-state index contributed by atoms with van der Waals surface area (Å²) in [5.41, 5.74) is -0.00839. The summed E-state index contributed by atoms with van der Waals surface area (Å²) in [7, 11) is 0. The predicted octanol–water partition coefficient (Wildman–Crippen LogP) is 4.68. The minimum Gasteiger partial charge on any atom is -0.353 e. The van der Waals surface area contributed by atoms with E-state index in [9.17, 15) is 18.0 Å². The van der Waals surface area contributed by atoms with E-state index in [1.54, 1.807) is 0 Å². The lowest BCUT2D eigenvalue weighted by atomic mass is 10.1. The number of carbonyl (C=O) groups excluding carboxylic acids is 1. The van der Waals surface area contributed by atoms with Gasteiger partial charge in [-0.15, -0.1) is 11.3 Å². The molecule has 1 aromatic heterocycles. The van der Waals surface area contributed by atoms with Gasteiger partial charge in [-0.1, -0.05) is 12.1 Å². The Labute approximate surface area is 146 Å². The average Bonchev–Trinajstić information content (AvgIpc) is 3.03. The van der Waals surface area contributed by atoms with Gasteiger partial charge in [0.05, 0.1) is 22.7 Å². The van der Waals surface area contributed by atoms with Crippen molar-refractivity contribution in [2.75, 3.05) is 6.61 Å². The van der Waals surface area contributed by atoms with Crippen molar-refractivity contribution in [2.24, 2.45) is 0 Å². The molecule has 0 saturated carbocycles. The second-order valence-corrected chi connectivity index (χ2v) is 6.66. The van der Waals surface area contributed by atoms with E-state index in [1.165, 1.54) is 12.1 Å². The number of halogens is 3. The zero-order chi connectivity index (χ0) is 17.9. The number of hydrogen-bond donors (Lipinski definition) is 0. The number of hydrogen-bond acceptors (Lipinski definition) is 5. The summed E-state index contributed by atoms with van der Waals surface area (Å²) in [5, 5.41) is 0.358. The van der Waals surface area contributed by atoms with Gasteiger partial charge < -0.3 is 9.47 Å². The van der Waals surface area contributed by atoms with E-state index >= 15 is 0 Å². The maximum absolute atomic E-state index is 12.9. The smallest absolute Gasteiger partial charge is 0.353 e. The predicted molar refractivity (Wildman–Crippen MR) is 86.3 cm³/mol. The molecule has 1 saturated heterocycles. The van der Waals surface area contributed by atoms with E-state index in [-0.39, 0.29) is 12.9 Å². The van der Waals surface area contributed by atoms with Crippen LogP contribution in [0.5, 0.6) is 0 Å². The maximum atomic E-state index is 12.9. The third-order valence-electron chi connectivity index (χ3n) is 3.82. The molecule has 0 radical (unpaired) electrons. The zero-order valence-corrected chi connectivity index (χ0v) is 14.0. The van der Waals surface area contributed by atoms with Crippen LogP contribution in [0, 0.1) is 0 Å². The van der Waals surface area contributed by atoms with Crippen molar-refractivity contribution in [1.82, 2.24) is 4.98 Å². The van der Waals surface area contributed by atoms with Gasteiger partial charge in [-0.25, -0.2) is 4.98 Å². The number of alkyl halides is 3. The molecule has 1 aliphatic rings. The van der Waals surface area contributed by atoms with Gasteiger partial charge in [0.2, 0.25) is 0 Å². The topological polar surface area (TPSA) is 48.4 Å². The fourth-order valence-corrected chi connectivity index (χ4v) is 3.41. The van der Waals surface area contributed by atoms with Crippen LogP contribution in [0.2, 0.25) is 0 Å². The van der Waals surface area contributed by atoms with Crippen molar-refractivity contribution in [3.05, 3.63) is 40.4 Å². The molecule has 0 N–H and O–H groups in total. The van der Waals surface area contributed by atoms with E-state index in [4.69, 9.17) is 9.47 Å². The minimum absolute atomic E-state index is 0.0915. The number of rotatable bonds is 5. The third-order valence-corrected chi connectivity index (χ3v) is 4.89. The molecule has 8 heteroatoms. The SMILES string of the molecule is O=Cc1sc(-c2cccc(C(F)(F)F)c2)nc1COC1CCCCO1. The first kappa shape index (κ1) is 18.0. The molecule has 2 heterocycles. The molecule has 1 fully saturated rings. The molecule has 134 valence electrons. The number of thiazole rings is 1. The second kappa shape index (κ2) is 7.63. The summed E-state index contributed by atoms with van der Waals surface area (Å²) in [5.74, 6) is 0. The molecule has 0 spiro atoms. The van der Waals surface area contributed by atoms with E-state index in [0.717, 1.165) is 42.7 Å². The molecular formula is C17H16F3NO3S. The van der Waals surface area contributed by atoms with Crippen molar-refractivity contribution in [3.63, 3.8) is 0 Å². The summed E-state index contributed by atoms with van der Waals surface area (Å²) < 4.78 is 49.6. The van der Waals surface area contributed by atoms with Crippen LogP contribution in [0.25, 0.3) is 10.6 Å². The van der Waals surface area contributed by atoms with Crippen molar-refractivity contribution >= 4 is 17.6 Å². The molecular weight excluding hydrogens is 355 g/mol. The number of aldehydes is 1. The van der Waals surface area contributed by atoms with Crippen molar-refractivity contribution in [3.8, 4) is 10.6 Å². The summed E-state index contributed by atoms with van der Waals surface area (Å²) >= 11 is 1.05. The molecule has 4 nitrogen and oxygen atoms in total. The highest BCUT2D eigenvalue weighted by molar-refractivity contribution is 7.16. The Morgan fingerprint density at radius 3 is 2.88 bits per heavy atom. The number of carbonyl (C=O) groups is 1. The number of aromatic nitrogens is 1. The quantitative estimate of drug-likeness (QED) is 0.716. The van der Waals surface area contributed by atoms with Gasteiger partial charge in [-0.3, -0.25) is 4.79 Å². The highest BCUT2D eigenvalue weighted by Gasteiger charge is 2.30. The Kier molecular flexibility index (Phi) is 5.51. The van der Waals surface area contributed by atoms with E-state index in [0.29, 0.717) is 34.0 Å². The molecule has 0 aliphatic carbocycles. The van der Waals surface area contributed by atoms with E-state index < -0.39 is 11.7 Å². The van der Waals surface area contributed by atoms with E-state index in [1.807, 2.05) is 0 Å². The van der Waals surface area contributed by atoms with Gasteiger partial charge in [0.15, 0.2) is 12.6 Å². The van der Waals surface area contributed by atoms with Crippen LogP contribution in [0.15, 0.2) is 24.3 Å². The molecule has 1 aromatic carbocycles. The van der Waals surface area contributed by atoms with Crippen LogP contribution in [-0.2, 0) is 22.3 Å². The Morgan fingerprint density at radius 1 is 1.36 bits per heavy atom. The molecule has 1 atom stereocenters. The number of nitrogens with zero attached hydrogens (tertiary/aromatic N) is 1. The lowest BCUT2D eigenvalue weighted by Gasteiger charge is -2.22. The van der Waals surface area contributed by atoms with Crippen molar-refractivity contribution in [2.45, 2.75) is 38.3 Å². The van der Waals surface area contributed by atoms with Crippen molar-refractivity contribution in [1.29, 1.82) is 0 Å². The second-order valence-electron chi connectivity index (χ2n) is 5.63. The molecule has 25 heavy (non-hydrogen) atoms. The first-order chi connectivity index (χ1) is 12.0. The molecule has 1 aliphatic heterocycles. The molecule has 1 unspecified atom stereocenters. The Balaban J connectivity index is 1.79. The minimum atomic E-state index is -4.43. The lowest BCUT2D eigenvalue weighted by molar-refractivity contribution is -0.169. The molecule has 3 rings (SSSR count).